The van der Waals surface area contributed by atoms with Crippen LogP contribution in [0.15, 0.2) is 29.0 Å². The fourth-order valence-electron chi connectivity index (χ4n) is 3.86. The number of carbonyl (C=O) groups is 1. The van der Waals surface area contributed by atoms with Crippen molar-refractivity contribution in [3.63, 3.8) is 0 Å². The van der Waals surface area contributed by atoms with Gasteiger partial charge in [0.25, 0.3) is 0 Å². The van der Waals surface area contributed by atoms with Crippen molar-refractivity contribution in [2.45, 2.75) is 50.5 Å². The van der Waals surface area contributed by atoms with Gasteiger partial charge in [0.1, 0.15) is 0 Å². The Hall–Kier alpha value is -2.32. The summed E-state index contributed by atoms with van der Waals surface area (Å²) in [6, 6.07) is 3.80. The van der Waals surface area contributed by atoms with E-state index in [4.69, 9.17) is 14.0 Å². The number of amides is 1. The number of hydrogen-bond donors (Lipinski definition) is 0. The van der Waals surface area contributed by atoms with Gasteiger partial charge in [0.2, 0.25) is 11.8 Å². The second-order valence-corrected chi connectivity index (χ2v) is 7.67. The van der Waals surface area contributed by atoms with E-state index in [-0.39, 0.29) is 12.0 Å². The third-order valence-corrected chi connectivity index (χ3v) is 5.61. The predicted octanol–water partition coefficient (Wildman–Crippen LogP) is 2.15. The smallest absolute Gasteiger partial charge is 0.229 e. The summed E-state index contributed by atoms with van der Waals surface area (Å²) in [6.07, 6.45) is 8.30. The zero-order valence-corrected chi connectivity index (χ0v) is 16.7. The van der Waals surface area contributed by atoms with Crippen molar-refractivity contribution in [2.24, 2.45) is 0 Å². The van der Waals surface area contributed by atoms with Crippen LogP contribution < -0.4 is 0 Å². The molecule has 2 aliphatic rings. The first-order valence-electron chi connectivity index (χ1n) is 10.5. The number of nitrogens with zero attached hydrogens (tertiary/aromatic N) is 4. The van der Waals surface area contributed by atoms with Crippen LogP contribution in [0.4, 0.5) is 0 Å². The molecule has 2 aromatic rings. The quantitative estimate of drug-likeness (QED) is 0.703. The van der Waals surface area contributed by atoms with Gasteiger partial charge in [-0.15, -0.1) is 0 Å². The number of aromatic nitrogens is 3. The molecule has 0 N–H and O–H groups in total. The number of likely N-dealkylation sites (tertiary alicyclic amines) is 1. The zero-order valence-electron chi connectivity index (χ0n) is 16.7. The maximum absolute atomic E-state index is 12.4. The Kier molecular flexibility index (Phi) is 6.84. The zero-order chi connectivity index (χ0) is 19.9. The molecule has 0 spiro atoms. The topological polar surface area (TPSA) is 90.6 Å². The lowest BCUT2D eigenvalue weighted by Crippen LogP contribution is -2.41. The van der Waals surface area contributed by atoms with E-state index in [1.54, 1.807) is 12.4 Å². The van der Waals surface area contributed by atoms with Gasteiger partial charge in [0, 0.05) is 51.0 Å². The van der Waals surface area contributed by atoms with E-state index < -0.39 is 0 Å². The second kappa shape index (κ2) is 9.93. The molecule has 2 aliphatic heterocycles. The number of rotatable bonds is 7. The maximum Gasteiger partial charge on any atom is 0.229 e. The molecule has 0 aromatic carbocycles. The van der Waals surface area contributed by atoms with Crippen LogP contribution in [0.2, 0.25) is 0 Å². The second-order valence-electron chi connectivity index (χ2n) is 7.67. The lowest BCUT2D eigenvalue weighted by atomic mass is 10.0. The Bertz CT molecular complexity index is 768. The van der Waals surface area contributed by atoms with Gasteiger partial charge in [-0.05, 0) is 37.3 Å². The van der Waals surface area contributed by atoms with E-state index in [1.165, 1.54) is 0 Å². The summed E-state index contributed by atoms with van der Waals surface area (Å²) in [4.78, 5) is 22.9. The number of piperidine rings is 1. The predicted molar refractivity (Wildman–Crippen MR) is 104 cm³/mol. The molecule has 1 amide bonds. The van der Waals surface area contributed by atoms with E-state index in [0.29, 0.717) is 31.2 Å². The van der Waals surface area contributed by atoms with Crippen LogP contribution in [-0.4, -0.2) is 64.9 Å². The van der Waals surface area contributed by atoms with Crippen molar-refractivity contribution in [1.29, 1.82) is 0 Å². The van der Waals surface area contributed by atoms with Crippen LogP contribution in [0.25, 0.3) is 0 Å². The summed E-state index contributed by atoms with van der Waals surface area (Å²) in [6.45, 7) is 3.56. The summed E-state index contributed by atoms with van der Waals surface area (Å²) >= 11 is 0. The molecule has 8 heteroatoms. The number of ether oxygens (including phenoxy) is 2. The van der Waals surface area contributed by atoms with E-state index in [9.17, 15) is 4.79 Å². The van der Waals surface area contributed by atoms with Crippen LogP contribution >= 0.6 is 0 Å². The van der Waals surface area contributed by atoms with E-state index in [1.807, 2.05) is 17.0 Å². The first-order chi connectivity index (χ1) is 14.3. The monoisotopic (exact) mass is 400 g/mol. The Morgan fingerprint density at radius 3 is 2.79 bits per heavy atom. The van der Waals surface area contributed by atoms with Crippen molar-refractivity contribution in [1.82, 2.24) is 20.0 Å². The number of hydrogen-bond acceptors (Lipinski definition) is 7. The minimum Gasteiger partial charge on any atom is -0.381 e. The van der Waals surface area contributed by atoms with Gasteiger partial charge in [-0.2, -0.15) is 4.98 Å². The Balaban J connectivity index is 1.15. The summed E-state index contributed by atoms with van der Waals surface area (Å²) in [5, 5.41) is 4.08. The largest absolute Gasteiger partial charge is 0.381 e. The molecule has 29 heavy (non-hydrogen) atoms. The highest BCUT2D eigenvalue weighted by atomic mass is 16.5. The normalized spacial score (nSPS) is 18.8. The lowest BCUT2D eigenvalue weighted by molar-refractivity contribution is -0.133. The molecule has 2 fully saturated rings. The van der Waals surface area contributed by atoms with Crippen molar-refractivity contribution >= 4 is 5.91 Å². The molecular weight excluding hydrogens is 372 g/mol. The van der Waals surface area contributed by atoms with Crippen molar-refractivity contribution in [3.8, 4) is 0 Å². The fraction of sp³-hybridized carbons (Fsp3) is 0.619. The first kappa shape index (κ1) is 20.0. The van der Waals surface area contributed by atoms with Crippen LogP contribution in [0, 0.1) is 0 Å². The number of carbonyl (C=O) groups excluding carboxylic acids is 1. The number of pyridine rings is 1. The summed E-state index contributed by atoms with van der Waals surface area (Å²) < 4.78 is 16.8. The van der Waals surface area contributed by atoms with Crippen molar-refractivity contribution in [2.75, 3.05) is 32.9 Å². The SMILES string of the molecule is O=C(Cc1cccnc1)N1CCC(OCCc2noc(C3CCOCC3)n2)CC1. The average molecular weight is 400 g/mol. The minimum atomic E-state index is 0.156. The third kappa shape index (κ3) is 5.61. The molecule has 4 rings (SSSR count). The molecule has 0 aliphatic carbocycles. The molecule has 2 aromatic heterocycles. The Labute approximate surface area is 170 Å². The summed E-state index contributed by atoms with van der Waals surface area (Å²) in [7, 11) is 0. The fourth-order valence-corrected chi connectivity index (χ4v) is 3.86. The molecule has 4 heterocycles. The first-order valence-corrected chi connectivity index (χ1v) is 10.5. The molecule has 0 atom stereocenters. The minimum absolute atomic E-state index is 0.156. The molecular formula is C21H28N4O4. The van der Waals surface area contributed by atoms with Gasteiger partial charge < -0.3 is 18.9 Å². The molecule has 0 unspecified atom stereocenters. The van der Waals surface area contributed by atoms with Crippen LogP contribution in [0.3, 0.4) is 0 Å². The van der Waals surface area contributed by atoms with E-state index in [2.05, 4.69) is 15.1 Å². The third-order valence-electron chi connectivity index (χ3n) is 5.61. The molecule has 2 saturated heterocycles. The average Bonchev–Trinajstić information content (AvgIpc) is 3.24. The molecule has 0 radical (unpaired) electrons. The molecule has 0 bridgehead atoms. The summed E-state index contributed by atoms with van der Waals surface area (Å²) in [5.74, 6) is 1.91. The van der Waals surface area contributed by atoms with Crippen molar-refractivity contribution in [3.05, 3.63) is 41.8 Å². The maximum atomic E-state index is 12.4. The molecule has 8 nitrogen and oxygen atoms in total. The standard InChI is InChI=1S/C21H28N4O4/c26-20(14-16-2-1-8-22-15-16)25-9-3-18(4-10-25)28-13-7-19-23-21(29-24-19)17-5-11-27-12-6-17/h1-2,8,15,17-18H,3-7,9-14H2. The van der Waals surface area contributed by atoms with Gasteiger partial charge in [0.15, 0.2) is 5.82 Å². The Morgan fingerprint density at radius 1 is 1.21 bits per heavy atom. The highest BCUT2D eigenvalue weighted by molar-refractivity contribution is 5.78. The molecule has 0 saturated carbocycles. The molecule has 156 valence electrons. The van der Waals surface area contributed by atoms with Crippen LogP contribution in [0.1, 0.15) is 48.9 Å². The van der Waals surface area contributed by atoms with E-state index in [0.717, 1.165) is 63.4 Å². The summed E-state index contributed by atoms with van der Waals surface area (Å²) in [5.41, 5.74) is 0.955. The van der Waals surface area contributed by atoms with Crippen LogP contribution in [-0.2, 0) is 27.1 Å². The van der Waals surface area contributed by atoms with E-state index >= 15 is 0 Å². The van der Waals surface area contributed by atoms with Gasteiger partial charge >= 0.3 is 0 Å². The van der Waals surface area contributed by atoms with Crippen molar-refractivity contribution < 1.29 is 18.8 Å². The van der Waals surface area contributed by atoms with Gasteiger partial charge in [0.05, 0.1) is 19.1 Å². The van der Waals surface area contributed by atoms with Gasteiger partial charge in [-0.1, -0.05) is 11.2 Å². The highest BCUT2D eigenvalue weighted by Crippen LogP contribution is 2.25. The highest BCUT2D eigenvalue weighted by Gasteiger charge is 2.24. The van der Waals surface area contributed by atoms with Crippen LogP contribution in [0.5, 0.6) is 0 Å². The van der Waals surface area contributed by atoms with Gasteiger partial charge in [-0.3, -0.25) is 9.78 Å². The Morgan fingerprint density at radius 2 is 2.03 bits per heavy atom. The van der Waals surface area contributed by atoms with Gasteiger partial charge in [-0.25, -0.2) is 0 Å². The lowest BCUT2D eigenvalue weighted by Gasteiger charge is -2.32.